The lowest BCUT2D eigenvalue weighted by molar-refractivity contribution is -0.0688. The third kappa shape index (κ3) is 8.84. The maximum atomic E-state index is 8.58. The molecule has 0 aromatic rings. The lowest BCUT2D eigenvalue weighted by Gasteiger charge is -2.29. The second-order valence-electron chi connectivity index (χ2n) is 4.82. The highest BCUT2D eigenvalue weighted by Crippen LogP contribution is 2.23. The van der Waals surface area contributed by atoms with E-state index in [4.69, 9.17) is 29.2 Å². The van der Waals surface area contributed by atoms with Crippen molar-refractivity contribution in [1.29, 1.82) is 0 Å². The number of hydrogen-bond donors (Lipinski definition) is 2. The molecule has 1 saturated carbocycles. The van der Waals surface area contributed by atoms with Crippen LogP contribution >= 0.6 is 0 Å². The average Bonchev–Trinajstić information content (AvgIpc) is 2.47. The highest BCUT2D eigenvalue weighted by atomic mass is 16.5. The third-order valence-corrected chi connectivity index (χ3v) is 3.21. The van der Waals surface area contributed by atoms with Crippen molar-refractivity contribution >= 4 is 0 Å². The predicted molar refractivity (Wildman–Crippen MR) is 73.8 cm³/mol. The molecule has 0 radical (unpaired) electrons. The van der Waals surface area contributed by atoms with Gasteiger partial charge in [-0.1, -0.05) is 0 Å². The van der Waals surface area contributed by atoms with Crippen molar-refractivity contribution in [1.82, 2.24) is 0 Å². The van der Waals surface area contributed by atoms with E-state index in [-0.39, 0.29) is 25.4 Å². The highest BCUT2D eigenvalue weighted by Gasteiger charge is 2.22. The Kier molecular flexibility index (Phi) is 11.1. The fourth-order valence-electron chi connectivity index (χ4n) is 2.29. The largest absolute Gasteiger partial charge is 0.394 e. The Balaban J connectivity index is 2.00. The van der Waals surface area contributed by atoms with Crippen LogP contribution in [0.3, 0.4) is 0 Å². The molecule has 0 amide bonds. The SMILES string of the molecule is OCCOCCOC1CCCC(OCCOCCO)C1. The average molecular weight is 292 g/mol. The molecule has 120 valence electrons. The van der Waals surface area contributed by atoms with Gasteiger partial charge in [-0.25, -0.2) is 0 Å². The molecule has 2 unspecified atom stereocenters. The maximum absolute atomic E-state index is 8.58. The van der Waals surface area contributed by atoms with Gasteiger partial charge in [0, 0.05) is 0 Å². The lowest BCUT2D eigenvalue weighted by Crippen LogP contribution is -2.30. The van der Waals surface area contributed by atoms with E-state index in [1.54, 1.807) is 0 Å². The summed E-state index contributed by atoms with van der Waals surface area (Å²) in [6.07, 6.45) is 4.65. The Morgan fingerprint density at radius 1 is 0.700 bits per heavy atom. The number of aliphatic hydroxyl groups is 2. The molecule has 0 bridgehead atoms. The molecule has 0 aromatic carbocycles. The van der Waals surface area contributed by atoms with Gasteiger partial charge in [0.05, 0.1) is 65.1 Å². The zero-order valence-corrected chi connectivity index (χ0v) is 12.2. The molecular weight excluding hydrogens is 264 g/mol. The first-order chi connectivity index (χ1) is 9.86. The van der Waals surface area contributed by atoms with E-state index in [2.05, 4.69) is 0 Å². The van der Waals surface area contributed by atoms with Crippen LogP contribution in [0, 0.1) is 0 Å². The molecule has 20 heavy (non-hydrogen) atoms. The van der Waals surface area contributed by atoms with E-state index >= 15 is 0 Å². The zero-order chi connectivity index (χ0) is 14.5. The number of rotatable bonds is 12. The molecule has 1 aliphatic carbocycles. The van der Waals surface area contributed by atoms with Crippen LogP contribution in [0.2, 0.25) is 0 Å². The quantitative estimate of drug-likeness (QED) is 0.505. The molecular formula is C14H28O6. The van der Waals surface area contributed by atoms with E-state index in [0.717, 1.165) is 25.7 Å². The van der Waals surface area contributed by atoms with Gasteiger partial charge in [0.2, 0.25) is 0 Å². The molecule has 6 nitrogen and oxygen atoms in total. The van der Waals surface area contributed by atoms with Crippen LogP contribution in [0.5, 0.6) is 0 Å². The Morgan fingerprint density at radius 2 is 1.20 bits per heavy atom. The fraction of sp³-hybridized carbons (Fsp3) is 1.00. The minimum Gasteiger partial charge on any atom is -0.394 e. The molecule has 1 aliphatic rings. The Labute approximate surface area is 121 Å². The van der Waals surface area contributed by atoms with Crippen molar-refractivity contribution in [3.63, 3.8) is 0 Å². The molecule has 2 atom stereocenters. The van der Waals surface area contributed by atoms with Crippen LogP contribution < -0.4 is 0 Å². The van der Waals surface area contributed by atoms with Gasteiger partial charge < -0.3 is 29.2 Å². The van der Waals surface area contributed by atoms with Gasteiger partial charge >= 0.3 is 0 Å². The topological polar surface area (TPSA) is 77.4 Å². The molecule has 2 N–H and O–H groups in total. The second kappa shape index (κ2) is 12.5. The van der Waals surface area contributed by atoms with E-state index in [1.807, 2.05) is 0 Å². The summed E-state index contributed by atoms with van der Waals surface area (Å²) in [7, 11) is 0. The standard InChI is InChI=1S/C14H28O6/c15-4-6-17-8-10-19-13-2-1-3-14(12-13)20-11-9-18-7-5-16/h13-16H,1-12H2. The summed E-state index contributed by atoms with van der Waals surface area (Å²) in [5.74, 6) is 0. The summed E-state index contributed by atoms with van der Waals surface area (Å²) >= 11 is 0. The first kappa shape index (κ1) is 17.8. The molecule has 0 heterocycles. The molecule has 0 spiro atoms. The lowest BCUT2D eigenvalue weighted by atomic mass is 9.95. The summed E-state index contributed by atoms with van der Waals surface area (Å²) in [6, 6.07) is 0. The zero-order valence-electron chi connectivity index (χ0n) is 12.2. The number of hydrogen-bond acceptors (Lipinski definition) is 6. The first-order valence-electron chi connectivity index (χ1n) is 7.47. The fourth-order valence-corrected chi connectivity index (χ4v) is 2.29. The smallest absolute Gasteiger partial charge is 0.0704 e. The predicted octanol–water partition coefficient (Wildman–Crippen LogP) is 0.349. The van der Waals surface area contributed by atoms with E-state index in [0.29, 0.717) is 39.6 Å². The van der Waals surface area contributed by atoms with Crippen molar-refractivity contribution in [2.75, 3.05) is 52.9 Å². The molecule has 0 aliphatic heterocycles. The number of ether oxygens (including phenoxy) is 4. The summed E-state index contributed by atoms with van der Waals surface area (Å²) in [5, 5.41) is 17.2. The normalized spacial score (nSPS) is 23.1. The molecule has 6 heteroatoms. The van der Waals surface area contributed by atoms with Crippen molar-refractivity contribution in [3.05, 3.63) is 0 Å². The minimum atomic E-state index is 0.0533. The summed E-state index contributed by atoms with van der Waals surface area (Å²) in [6.45, 7) is 3.03. The van der Waals surface area contributed by atoms with E-state index < -0.39 is 0 Å². The van der Waals surface area contributed by atoms with Gasteiger partial charge in [0.15, 0.2) is 0 Å². The summed E-state index contributed by atoms with van der Waals surface area (Å²) in [4.78, 5) is 0. The van der Waals surface area contributed by atoms with Crippen molar-refractivity contribution in [2.24, 2.45) is 0 Å². The van der Waals surface area contributed by atoms with Gasteiger partial charge in [-0.3, -0.25) is 0 Å². The van der Waals surface area contributed by atoms with Crippen molar-refractivity contribution < 1.29 is 29.2 Å². The molecule has 0 saturated heterocycles. The van der Waals surface area contributed by atoms with Gasteiger partial charge in [0.1, 0.15) is 0 Å². The van der Waals surface area contributed by atoms with Crippen LogP contribution in [-0.2, 0) is 18.9 Å². The van der Waals surface area contributed by atoms with Crippen LogP contribution in [0.25, 0.3) is 0 Å². The van der Waals surface area contributed by atoms with E-state index in [1.165, 1.54) is 0 Å². The van der Waals surface area contributed by atoms with Gasteiger partial charge in [-0.05, 0) is 25.7 Å². The summed E-state index contributed by atoms with van der Waals surface area (Å²) in [5.41, 5.74) is 0. The minimum absolute atomic E-state index is 0.0533. The van der Waals surface area contributed by atoms with Crippen LogP contribution in [0.15, 0.2) is 0 Å². The van der Waals surface area contributed by atoms with Gasteiger partial charge in [-0.15, -0.1) is 0 Å². The first-order valence-corrected chi connectivity index (χ1v) is 7.47. The van der Waals surface area contributed by atoms with Crippen LogP contribution in [-0.4, -0.2) is 75.3 Å². The highest BCUT2D eigenvalue weighted by molar-refractivity contribution is 4.73. The van der Waals surface area contributed by atoms with Crippen LogP contribution in [0.1, 0.15) is 25.7 Å². The maximum Gasteiger partial charge on any atom is 0.0704 e. The Bertz CT molecular complexity index is 194. The number of aliphatic hydroxyl groups excluding tert-OH is 2. The third-order valence-electron chi connectivity index (χ3n) is 3.21. The van der Waals surface area contributed by atoms with Crippen molar-refractivity contribution in [3.8, 4) is 0 Å². The summed E-state index contributed by atoms with van der Waals surface area (Å²) < 4.78 is 21.8. The van der Waals surface area contributed by atoms with Crippen molar-refractivity contribution in [2.45, 2.75) is 37.9 Å². The Hall–Kier alpha value is -0.240. The van der Waals surface area contributed by atoms with Crippen LogP contribution in [0.4, 0.5) is 0 Å². The second-order valence-corrected chi connectivity index (χ2v) is 4.82. The van der Waals surface area contributed by atoms with Gasteiger partial charge in [0.25, 0.3) is 0 Å². The van der Waals surface area contributed by atoms with E-state index in [9.17, 15) is 0 Å². The molecule has 1 fully saturated rings. The molecule has 1 rings (SSSR count). The Morgan fingerprint density at radius 3 is 1.65 bits per heavy atom. The van der Waals surface area contributed by atoms with Gasteiger partial charge in [-0.2, -0.15) is 0 Å². The monoisotopic (exact) mass is 292 g/mol. The molecule has 0 aromatic heterocycles.